The van der Waals surface area contributed by atoms with Crippen molar-refractivity contribution in [1.29, 1.82) is 0 Å². The maximum atomic E-state index is 5.91. The van der Waals surface area contributed by atoms with Gasteiger partial charge in [0.1, 0.15) is 5.75 Å². The predicted molar refractivity (Wildman–Crippen MR) is 81.7 cm³/mol. The summed E-state index contributed by atoms with van der Waals surface area (Å²) < 4.78 is 5.55. The second kappa shape index (κ2) is 6.69. The number of nitrogen functional groups attached to an aromatic ring is 1. The maximum absolute atomic E-state index is 5.91. The Morgan fingerprint density at radius 3 is 2.84 bits per heavy atom. The van der Waals surface area contributed by atoms with E-state index in [9.17, 15) is 0 Å². The van der Waals surface area contributed by atoms with Crippen molar-refractivity contribution < 1.29 is 4.74 Å². The van der Waals surface area contributed by atoms with Crippen LogP contribution in [0.15, 0.2) is 18.2 Å². The van der Waals surface area contributed by atoms with E-state index < -0.39 is 0 Å². The van der Waals surface area contributed by atoms with Crippen molar-refractivity contribution in [1.82, 2.24) is 0 Å². The van der Waals surface area contributed by atoms with E-state index in [1.165, 1.54) is 32.1 Å². The number of rotatable bonds is 4. The fraction of sp³-hybridized carbons (Fsp3) is 0.625. The number of nitrogens with one attached hydrogen (secondary N) is 1. The highest BCUT2D eigenvalue weighted by Crippen LogP contribution is 2.29. The molecule has 2 atom stereocenters. The summed E-state index contributed by atoms with van der Waals surface area (Å²) in [6.07, 6.45) is 6.65. The minimum atomic E-state index is 0.570. The standard InChI is InChI=1S/C16H26N2O/c1-3-19-16-11-13(9-10-14(16)17)18-15-8-6-4-5-7-12(15)2/h9-12,15,18H,3-8,17H2,1-2H3. The molecule has 19 heavy (non-hydrogen) atoms. The van der Waals surface area contributed by atoms with Gasteiger partial charge in [-0.3, -0.25) is 0 Å². The van der Waals surface area contributed by atoms with Crippen molar-refractivity contribution in [3.8, 4) is 5.75 Å². The molecule has 0 bridgehead atoms. The van der Waals surface area contributed by atoms with Gasteiger partial charge in [-0.15, -0.1) is 0 Å². The first-order valence-corrected chi connectivity index (χ1v) is 7.49. The quantitative estimate of drug-likeness (QED) is 0.635. The molecular weight excluding hydrogens is 236 g/mol. The van der Waals surface area contributed by atoms with Gasteiger partial charge in [-0.25, -0.2) is 0 Å². The average Bonchev–Trinajstić information content (AvgIpc) is 2.59. The molecule has 0 saturated heterocycles. The summed E-state index contributed by atoms with van der Waals surface area (Å²) in [6, 6.07) is 6.57. The van der Waals surface area contributed by atoms with Gasteiger partial charge in [-0.2, -0.15) is 0 Å². The third-order valence-corrected chi connectivity index (χ3v) is 4.03. The highest BCUT2D eigenvalue weighted by atomic mass is 16.5. The lowest BCUT2D eigenvalue weighted by Crippen LogP contribution is -2.26. The van der Waals surface area contributed by atoms with E-state index in [2.05, 4.69) is 18.3 Å². The molecule has 1 saturated carbocycles. The summed E-state index contributed by atoms with van der Waals surface area (Å²) in [4.78, 5) is 0. The molecule has 0 amide bonds. The van der Waals surface area contributed by atoms with Crippen LogP contribution < -0.4 is 15.8 Å². The first-order chi connectivity index (χ1) is 9.20. The van der Waals surface area contributed by atoms with Crippen LogP contribution in [-0.4, -0.2) is 12.6 Å². The van der Waals surface area contributed by atoms with E-state index in [0.29, 0.717) is 18.3 Å². The highest BCUT2D eigenvalue weighted by molar-refractivity contribution is 5.61. The number of hydrogen-bond acceptors (Lipinski definition) is 3. The molecule has 0 spiro atoms. The molecule has 3 N–H and O–H groups in total. The Bertz CT molecular complexity index is 406. The zero-order valence-corrected chi connectivity index (χ0v) is 12.1. The molecule has 1 fully saturated rings. The first kappa shape index (κ1) is 14.0. The van der Waals surface area contributed by atoms with Crippen molar-refractivity contribution in [3.63, 3.8) is 0 Å². The van der Waals surface area contributed by atoms with Crippen molar-refractivity contribution in [2.24, 2.45) is 5.92 Å². The molecule has 1 aliphatic rings. The fourth-order valence-electron chi connectivity index (χ4n) is 2.83. The molecule has 3 nitrogen and oxygen atoms in total. The van der Waals surface area contributed by atoms with Crippen LogP contribution in [0, 0.1) is 5.92 Å². The van der Waals surface area contributed by atoms with E-state index in [1.807, 2.05) is 19.1 Å². The Labute approximate surface area is 116 Å². The predicted octanol–water partition coefficient (Wildman–Crippen LogP) is 4.05. The average molecular weight is 262 g/mol. The molecule has 3 heteroatoms. The number of hydrogen-bond donors (Lipinski definition) is 2. The number of nitrogens with two attached hydrogens (primary N) is 1. The molecule has 0 aromatic heterocycles. The van der Waals surface area contributed by atoms with E-state index >= 15 is 0 Å². The van der Waals surface area contributed by atoms with Crippen molar-refractivity contribution >= 4 is 11.4 Å². The van der Waals surface area contributed by atoms with Crippen LogP contribution in [0.1, 0.15) is 46.0 Å². The zero-order chi connectivity index (χ0) is 13.7. The molecular formula is C16H26N2O. The monoisotopic (exact) mass is 262 g/mol. The molecule has 1 aliphatic carbocycles. The van der Waals surface area contributed by atoms with Crippen LogP contribution in [-0.2, 0) is 0 Å². The van der Waals surface area contributed by atoms with Gasteiger partial charge in [0.2, 0.25) is 0 Å². The molecule has 1 aromatic rings. The van der Waals surface area contributed by atoms with E-state index in [-0.39, 0.29) is 0 Å². The van der Waals surface area contributed by atoms with Crippen LogP contribution in [0.2, 0.25) is 0 Å². The minimum absolute atomic E-state index is 0.570. The smallest absolute Gasteiger partial charge is 0.144 e. The summed E-state index contributed by atoms with van der Waals surface area (Å²) in [7, 11) is 0. The fourth-order valence-corrected chi connectivity index (χ4v) is 2.83. The van der Waals surface area contributed by atoms with Gasteiger partial charge >= 0.3 is 0 Å². The van der Waals surface area contributed by atoms with Crippen LogP contribution >= 0.6 is 0 Å². The lowest BCUT2D eigenvalue weighted by atomic mass is 9.96. The Kier molecular flexibility index (Phi) is 4.94. The van der Waals surface area contributed by atoms with Gasteiger partial charge in [0, 0.05) is 17.8 Å². The summed E-state index contributed by atoms with van der Waals surface area (Å²) in [5.41, 5.74) is 7.74. The molecule has 0 heterocycles. The van der Waals surface area contributed by atoms with Gasteiger partial charge < -0.3 is 15.8 Å². The van der Waals surface area contributed by atoms with Crippen LogP contribution in [0.25, 0.3) is 0 Å². The summed E-state index contributed by atoms with van der Waals surface area (Å²) >= 11 is 0. The molecule has 0 radical (unpaired) electrons. The van der Waals surface area contributed by atoms with Gasteiger partial charge in [0.15, 0.2) is 0 Å². The minimum Gasteiger partial charge on any atom is -0.492 e. The van der Waals surface area contributed by atoms with E-state index in [0.717, 1.165) is 17.4 Å². The van der Waals surface area contributed by atoms with Crippen LogP contribution in [0.4, 0.5) is 11.4 Å². The van der Waals surface area contributed by atoms with Crippen LogP contribution in [0.5, 0.6) is 5.75 Å². The Hall–Kier alpha value is -1.38. The molecule has 106 valence electrons. The zero-order valence-electron chi connectivity index (χ0n) is 12.1. The van der Waals surface area contributed by atoms with Gasteiger partial charge in [0.05, 0.1) is 12.3 Å². The maximum Gasteiger partial charge on any atom is 0.144 e. The van der Waals surface area contributed by atoms with Gasteiger partial charge in [-0.1, -0.05) is 26.2 Å². The van der Waals surface area contributed by atoms with Crippen molar-refractivity contribution in [3.05, 3.63) is 18.2 Å². The third kappa shape index (κ3) is 3.79. The first-order valence-electron chi connectivity index (χ1n) is 7.49. The lowest BCUT2D eigenvalue weighted by molar-refractivity contribution is 0.342. The summed E-state index contributed by atoms with van der Waals surface area (Å²) in [5, 5.41) is 3.66. The molecule has 2 unspecified atom stereocenters. The third-order valence-electron chi connectivity index (χ3n) is 4.03. The SMILES string of the molecule is CCOc1cc(NC2CCCCCC2C)ccc1N. The number of ether oxygens (including phenoxy) is 1. The highest BCUT2D eigenvalue weighted by Gasteiger charge is 2.19. The Morgan fingerprint density at radius 1 is 1.26 bits per heavy atom. The second-order valence-electron chi connectivity index (χ2n) is 5.55. The largest absolute Gasteiger partial charge is 0.492 e. The van der Waals surface area contributed by atoms with E-state index in [1.54, 1.807) is 0 Å². The van der Waals surface area contributed by atoms with Gasteiger partial charge in [0.25, 0.3) is 0 Å². The topological polar surface area (TPSA) is 47.3 Å². The second-order valence-corrected chi connectivity index (χ2v) is 5.55. The number of anilines is 2. The molecule has 2 rings (SSSR count). The summed E-state index contributed by atoms with van der Waals surface area (Å²) in [5.74, 6) is 1.52. The lowest BCUT2D eigenvalue weighted by Gasteiger charge is -2.24. The number of benzene rings is 1. The van der Waals surface area contributed by atoms with E-state index in [4.69, 9.17) is 10.5 Å². The Morgan fingerprint density at radius 2 is 2.05 bits per heavy atom. The Balaban J connectivity index is 2.07. The van der Waals surface area contributed by atoms with Gasteiger partial charge in [-0.05, 0) is 37.8 Å². The van der Waals surface area contributed by atoms with Crippen molar-refractivity contribution in [2.75, 3.05) is 17.7 Å². The molecule has 0 aliphatic heterocycles. The molecule has 1 aromatic carbocycles. The van der Waals surface area contributed by atoms with Crippen LogP contribution in [0.3, 0.4) is 0 Å². The summed E-state index contributed by atoms with van der Waals surface area (Å²) in [6.45, 7) is 4.98. The normalized spacial score (nSPS) is 23.7. The van der Waals surface area contributed by atoms with Crippen molar-refractivity contribution in [2.45, 2.75) is 52.0 Å².